The SMILES string of the molecule is COc1ccc(C(=O)OCC(=O)N2CC[C@H](C)Sc3ccccc32)cc1[N+](=O)[O-]. The van der Waals surface area contributed by atoms with E-state index in [2.05, 4.69) is 6.92 Å². The number of amides is 1. The van der Waals surface area contributed by atoms with Crippen LogP contribution >= 0.6 is 11.8 Å². The molecule has 0 radical (unpaired) electrons. The van der Waals surface area contributed by atoms with E-state index in [0.717, 1.165) is 23.1 Å². The maximum atomic E-state index is 12.7. The molecule has 1 aliphatic rings. The first-order valence-corrected chi connectivity index (χ1v) is 9.84. The van der Waals surface area contributed by atoms with Crippen LogP contribution in [0.4, 0.5) is 11.4 Å². The number of para-hydroxylation sites is 1. The average molecular weight is 416 g/mol. The summed E-state index contributed by atoms with van der Waals surface area (Å²) in [7, 11) is 1.30. The summed E-state index contributed by atoms with van der Waals surface area (Å²) in [5.74, 6) is -1.12. The fourth-order valence-electron chi connectivity index (χ4n) is 2.99. The highest BCUT2D eigenvalue weighted by atomic mass is 32.2. The number of ether oxygens (including phenoxy) is 2. The molecule has 29 heavy (non-hydrogen) atoms. The second-order valence-electron chi connectivity index (χ2n) is 6.45. The van der Waals surface area contributed by atoms with Gasteiger partial charge in [0.15, 0.2) is 12.4 Å². The molecule has 2 aromatic carbocycles. The lowest BCUT2D eigenvalue weighted by Crippen LogP contribution is -2.35. The van der Waals surface area contributed by atoms with Crippen molar-refractivity contribution in [3.63, 3.8) is 0 Å². The second-order valence-corrected chi connectivity index (χ2v) is 7.93. The van der Waals surface area contributed by atoms with Crippen molar-refractivity contribution in [2.75, 3.05) is 25.2 Å². The van der Waals surface area contributed by atoms with Crippen molar-refractivity contribution < 1.29 is 24.0 Å². The highest BCUT2D eigenvalue weighted by Gasteiger charge is 2.25. The minimum atomic E-state index is -0.810. The molecule has 0 unspecified atom stereocenters. The summed E-state index contributed by atoms with van der Waals surface area (Å²) >= 11 is 1.71. The van der Waals surface area contributed by atoms with E-state index in [-0.39, 0.29) is 22.9 Å². The highest BCUT2D eigenvalue weighted by Crippen LogP contribution is 2.37. The minimum absolute atomic E-state index is 0.0225. The van der Waals surface area contributed by atoms with E-state index in [1.165, 1.54) is 19.2 Å². The van der Waals surface area contributed by atoms with Crippen molar-refractivity contribution in [2.24, 2.45) is 0 Å². The predicted molar refractivity (Wildman–Crippen MR) is 109 cm³/mol. The number of thioether (sulfide) groups is 1. The largest absolute Gasteiger partial charge is 0.490 e. The van der Waals surface area contributed by atoms with Crippen LogP contribution in [0.3, 0.4) is 0 Å². The maximum Gasteiger partial charge on any atom is 0.338 e. The third-order valence-electron chi connectivity index (χ3n) is 4.48. The quantitative estimate of drug-likeness (QED) is 0.416. The average Bonchev–Trinajstić information content (AvgIpc) is 2.89. The van der Waals surface area contributed by atoms with E-state index in [4.69, 9.17) is 9.47 Å². The van der Waals surface area contributed by atoms with Crippen molar-refractivity contribution in [2.45, 2.75) is 23.5 Å². The van der Waals surface area contributed by atoms with E-state index >= 15 is 0 Å². The van der Waals surface area contributed by atoms with Crippen LogP contribution < -0.4 is 9.64 Å². The molecule has 0 N–H and O–H groups in total. The Morgan fingerprint density at radius 2 is 2.03 bits per heavy atom. The highest BCUT2D eigenvalue weighted by molar-refractivity contribution is 8.00. The van der Waals surface area contributed by atoms with Gasteiger partial charge in [0.2, 0.25) is 0 Å². The van der Waals surface area contributed by atoms with Gasteiger partial charge in [-0.2, -0.15) is 0 Å². The van der Waals surface area contributed by atoms with Gasteiger partial charge in [0, 0.05) is 22.8 Å². The number of carbonyl (C=O) groups excluding carboxylic acids is 2. The predicted octanol–water partition coefficient (Wildman–Crippen LogP) is 3.68. The van der Waals surface area contributed by atoms with Crippen LogP contribution in [-0.4, -0.2) is 42.3 Å². The Bertz CT molecular complexity index is 948. The van der Waals surface area contributed by atoms with E-state index < -0.39 is 17.5 Å². The second kappa shape index (κ2) is 8.95. The molecule has 1 atom stereocenters. The molecule has 0 aromatic heterocycles. The fourth-order valence-corrected chi connectivity index (χ4v) is 4.11. The molecule has 9 heteroatoms. The molecule has 0 saturated heterocycles. The minimum Gasteiger partial charge on any atom is -0.490 e. The molecule has 0 aliphatic carbocycles. The number of carbonyl (C=O) groups is 2. The van der Waals surface area contributed by atoms with Gasteiger partial charge in [-0.15, -0.1) is 11.8 Å². The Labute approximate surface area is 171 Å². The van der Waals surface area contributed by atoms with Gasteiger partial charge in [-0.3, -0.25) is 14.9 Å². The normalized spacial score (nSPS) is 15.8. The van der Waals surface area contributed by atoms with Crippen molar-refractivity contribution in [1.29, 1.82) is 0 Å². The Hall–Kier alpha value is -3.07. The summed E-state index contributed by atoms with van der Waals surface area (Å²) in [6, 6.07) is 11.4. The number of nitrogens with zero attached hydrogens (tertiary/aromatic N) is 2. The number of hydrogen-bond acceptors (Lipinski definition) is 7. The van der Waals surface area contributed by atoms with Gasteiger partial charge in [-0.25, -0.2) is 4.79 Å². The summed E-state index contributed by atoms with van der Waals surface area (Å²) in [5, 5.41) is 11.5. The molecule has 0 saturated carbocycles. The van der Waals surface area contributed by atoms with Crippen LogP contribution in [0.25, 0.3) is 0 Å². The van der Waals surface area contributed by atoms with E-state index in [1.54, 1.807) is 16.7 Å². The molecular weight excluding hydrogens is 396 g/mol. The van der Waals surface area contributed by atoms with Crippen LogP contribution in [-0.2, 0) is 9.53 Å². The lowest BCUT2D eigenvalue weighted by Gasteiger charge is -2.22. The van der Waals surface area contributed by atoms with Crippen LogP contribution in [0.5, 0.6) is 5.75 Å². The number of nitro groups is 1. The molecule has 0 bridgehead atoms. The molecule has 3 rings (SSSR count). The number of methoxy groups -OCH3 is 1. The molecule has 1 amide bonds. The smallest absolute Gasteiger partial charge is 0.338 e. The molecule has 8 nitrogen and oxygen atoms in total. The summed E-state index contributed by atoms with van der Waals surface area (Å²) in [5.41, 5.74) is 0.425. The summed E-state index contributed by atoms with van der Waals surface area (Å²) in [4.78, 5) is 38.1. The number of benzene rings is 2. The molecule has 2 aromatic rings. The van der Waals surface area contributed by atoms with Crippen LogP contribution in [0.2, 0.25) is 0 Å². The molecule has 1 heterocycles. The van der Waals surface area contributed by atoms with Crippen molar-refractivity contribution in [3.05, 3.63) is 58.1 Å². The summed E-state index contributed by atoms with van der Waals surface area (Å²) in [6.07, 6.45) is 0.809. The number of esters is 1. The van der Waals surface area contributed by atoms with Crippen molar-refractivity contribution >= 4 is 35.0 Å². The van der Waals surface area contributed by atoms with Crippen molar-refractivity contribution in [3.8, 4) is 5.75 Å². The third kappa shape index (κ3) is 4.68. The lowest BCUT2D eigenvalue weighted by atomic mass is 10.2. The molecular formula is C20H20N2O6S. The van der Waals surface area contributed by atoms with Crippen LogP contribution in [0.1, 0.15) is 23.7 Å². The lowest BCUT2D eigenvalue weighted by molar-refractivity contribution is -0.385. The zero-order chi connectivity index (χ0) is 21.0. The number of nitro benzene ring substituents is 1. The van der Waals surface area contributed by atoms with Gasteiger partial charge in [-0.05, 0) is 30.7 Å². The monoisotopic (exact) mass is 416 g/mol. The number of hydrogen-bond donors (Lipinski definition) is 0. The fraction of sp³-hybridized carbons (Fsp3) is 0.300. The van der Waals surface area contributed by atoms with E-state index in [1.807, 2.05) is 24.3 Å². The Morgan fingerprint density at radius 3 is 2.76 bits per heavy atom. The first-order chi connectivity index (χ1) is 13.9. The van der Waals surface area contributed by atoms with Crippen molar-refractivity contribution in [1.82, 2.24) is 0 Å². The Kier molecular flexibility index (Phi) is 6.38. The van der Waals surface area contributed by atoms with Gasteiger partial charge < -0.3 is 14.4 Å². The Morgan fingerprint density at radius 1 is 1.28 bits per heavy atom. The van der Waals surface area contributed by atoms with E-state index in [9.17, 15) is 19.7 Å². The van der Waals surface area contributed by atoms with Gasteiger partial charge >= 0.3 is 11.7 Å². The first kappa shape index (κ1) is 20.7. The topological polar surface area (TPSA) is 99.0 Å². The zero-order valence-electron chi connectivity index (χ0n) is 16.0. The first-order valence-electron chi connectivity index (χ1n) is 8.96. The standard InChI is InChI=1S/C20H20N2O6S/c1-13-9-10-21(15-5-3-4-6-18(15)29-13)19(23)12-28-20(24)14-7-8-17(27-2)16(11-14)22(25)26/h3-8,11,13H,9-10,12H2,1-2H3/t13-/m0/s1. The number of rotatable bonds is 5. The Balaban J connectivity index is 1.72. The zero-order valence-corrected chi connectivity index (χ0v) is 16.8. The molecule has 0 fully saturated rings. The van der Waals surface area contributed by atoms with Gasteiger partial charge in [0.25, 0.3) is 5.91 Å². The van der Waals surface area contributed by atoms with Gasteiger partial charge in [0.1, 0.15) is 0 Å². The van der Waals surface area contributed by atoms with Crippen LogP contribution in [0.15, 0.2) is 47.4 Å². The molecule has 152 valence electrons. The van der Waals surface area contributed by atoms with Gasteiger partial charge in [-0.1, -0.05) is 19.1 Å². The maximum absolute atomic E-state index is 12.7. The number of anilines is 1. The third-order valence-corrected chi connectivity index (χ3v) is 5.72. The summed E-state index contributed by atoms with van der Waals surface area (Å²) < 4.78 is 10.0. The molecule has 0 spiro atoms. The van der Waals surface area contributed by atoms with Gasteiger partial charge in [0.05, 0.1) is 23.3 Å². The van der Waals surface area contributed by atoms with Crippen LogP contribution in [0, 0.1) is 10.1 Å². The number of fused-ring (bicyclic) bond motifs is 1. The van der Waals surface area contributed by atoms with E-state index in [0.29, 0.717) is 11.8 Å². The summed E-state index contributed by atoms with van der Waals surface area (Å²) in [6.45, 7) is 2.17. The molecule has 1 aliphatic heterocycles.